The fourth-order valence-electron chi connectivity index (χ4n) is 1.69. The summed E-state index contributed by atoms with van der Waals surface area (Å²) >= 11 is 0. The molecule has 0 aliphatic rings. The van der Waals surface area contributed by atoms with Crippen molar-refractivity contribution in [1.29, 1.82) is 0 Å². The first-order valence-electron chi connectivity index (χ1n) is 6.63. The van der Waals surface area contributed by atoms with Crippen LogP contribution in [0.4, 0.5) is 0 Å². The van der Waals surface area contributed by atoms with Crippen molar-refractivity contribution in [1.82, 2.24) is 0 Å². The van der Waals surface area contributed by atoms with Crippen molar-refractivity contribution in [2.75, 3.05) is 0 Å². The fourth-order valence-corrected chi connectivity index (χ4v) is 2.46. The quantitative estimate of drug-likeness (QED) is 0.468. The van der Waals surface area contributed by atoms with Crippen molar-refractivity contribution in [2.24, 2.45) is 5.92 Å². The Labute approximate surface area is 102 Å². The van der Waals surface area contributed by atoms with E-state index in [9.17, 15) is 4.79 Å². The third-order valence-electron chi connectivity index (χ3n) is 2.64. The van der Waals surface area contributed by atoms with Crippen LogP contribution in [-0.2, 0) is 9.22 Å². The maximum Gasteiger partial charge on any atom is 0.295 e. The molecule has 0 saturated heterocycles. The van der Waals surface area contributed by atoms with E-state index in [1.165, 1.54) is 19.3 Å². The Bertz CT molecular complexity index is 197. The summed E-state index contributed by atoms with van der Waals surface area (Å²) in [6, 6.07) is 0. The van der Waals surface area contributed by atoms with Crippen molar-refractivity contribution in [3.05, 3.63) is 0 Å². The summed E-state index contributed by atoms with van der Waals surface area (Å²) < 4.78 is 5.55. The lowest BCUT2D eigenvalue weighted by molar-refractivity contribution is -0.140. The Morgan fingerprint density at radius 1 is 1.12 bits per heavy atom. The van der Waals surface area contributed by atoms with Crippen LogP contribution in [0.15, 0.2) is 0 Å². The lowest BCUT2D eigenvalue weighted by Gasteiger charge is -2.22. The van der Waals surface area contributed by atoms with E-state index in [1.54, 1.807) is 0 Å². The van der Waals surface area contributed by atoms with E-state index in [0.29, 0.717) is 0 Å². The van der Waals surface area contributed by atoms with Crippen LogP contribution in [-0.4, -0.2) is 14.3 Å². The van der Waals surface area contributed by atoms with Crippen LogP contribution in [0.5, 0.6) is 0 Å². The van der Waals surface area contributed by atoms with Crippen LogP contribution >= 0.6 is 0 Å². The first kappa shape index (κ1) is 15.7. The summed E-state index contributed by atoms with van der Waals surface area (Å²) in [6.07, 6.45) is 6.84. The summed E-state index contributed by atoms with van der Waals surface area (Å²) in [5, 5.41) is 0. The third kappa shape index (κ3) is 7.91. The molecule has 96 valence electrons. The van der Waals surface area contributed by atoms with E-state index < -0.39 is 8.32 Å². The molecule has 1 atom stereocenters. The maximum absolute atomic E-state index is 11.9. The molecule has 0 saturated carbocycles. The number of rotatable bonds is 8. The van der Waals surface area contributed by atoms with E-state index in [4.69, 9.17) is 4.43 Å². The molecule has 2 nitrogen and oxygen atoms in total. The normalized spacial score (nSPS) is 13.6. The van der Waals surface area contributed by atoms with Gasteiger partial charge in [0.25, 0.3) is 5.97 Å². The number of carbonyl (C=O) groups is 1. The highest BCUT2D eigenvalue weighted by Gasteiger charge is 2.25. The second-order valence-electron chi connectivity index (χ2n) is 5.49. The SMILES string of the molecule is CCCCCCC(CC)C(=O)O[Si](C)(C)C. The van der Waals surface area contributed by atoms with Gasteiger partial charge >= 0.3 is 0 Å². The van der Waals surface area contributed by atoms with Gasteiger partial charge in [-0.1, -0.05) is 39.5 Å². The van der Waals surface area contributed by atoms with Crippen LogP contribution in [0.2, 0.25) is 19.6 Å². The summed E-state index contributed by atoms with van der Waals surface area (Å²) in [7, 11) is -1.70. The average molecular weight is 244 g/mol. The van der Waals surface area contributed by atoms with E-state index in [0.717, 1.165) is 19.3 Å². The number of hydrogen-bond acceptors (Lipinski definition) is 2. The zero-order chi connectivity index (χ0) is 12.6. The van der Waals surface area contributed by atoms with Crippen molar-refractivity contribution < 1.29 is 9.22 Å². The topological polar surface area (TPSA) is 26.3 Å². The molecule has 0 rings (SSSR count). The molecule has 0 bridgehead atoms. The third-order valence-corrected chi connectivity index (χ3v) is 3.45. The minimum Gasteiger partial charge on any atom is -0.520 e. The van der Waals surface area contributed by atoms with Crippen LogP contribution in [0.1, 0.15) is 52.4 Å². The molecule has 0 heterocycles. The van der Waals surface area contributed by atoms with Gasteiger partial charge < -0.3 is 4.43 Å². The zero-order valence-corrected chi connectivity index (χ0v) is 12.6. The molecule has 0 amide bonds. The van der Waals surface area contributed by atoms with Gasteiger partial charge in [-0.3, -0.25) is 4.79 Å². The molecule has 3 heteroatoms. The van der Waals surface area contributed by atoms with Gasteiger partial charge in [-0.25, -0.2) is 0 Å². The molecule has 0 aromatic carbocycles. The summed E-state index contributed by atoms with van der Waals surface area (Å²) in [5.41, 5.74) is 0. The monoisotopic (exact) mass is 244 g/mol. The van der Waals surface area contributed by atoms with E-state index in [1.807, 2.05) is 0 Å². The molecule has 0 N–H and O–H groups in total. The molecule has 0 aromatic heterocycles. The Hall–Kier alpha value is -0.313. The smallest absolute Gasteiger partial charge is 0.295 e. The second kappa shape index (κ2) is 7.88. The predicted octanol–water partition coefficient (Wildman–Crippen LogP) is 4.36. The largest absolute Gasteiger partial charge is 0.520 e. The van der Waals surface area contributed by atoms with E-state index >= 15 is 0 Å². The molecule has 16 heavy (non-hydrogen) atoms. The van der Waals surface area contributed by atoms with Crippen molar-refractivity contribution in [3.8, 4) is 0 Å². The van der Waals surface area contributed by atoms with E-state index in [2.05, 4.69) is 33.5 Å². The van der Waals surface area contributed by atoms with Gasteiger partial charge in [0, 0.05) is 0 Å². The van der Waals surface area contributed by atoms with Gasteiger partial charge in [0.15, 0.2) is 0 Å². The van der Waals surface area contributed by atoms with Gasteiger partial charge in [0.1, 0.15) is 0 Å². The lowest BCUT2D eigenvalue weighted by Crippen LogP contribution is -2.32. The van der Waals surface area contributed by atoms with Gasteiger partial charge in [-0.15, -0.1) is 0 Å². The van der Waals surface area contributed by atoms with Gasteiger partial charge in [-0.2, -0.15) is 0 Å². The average Bonchev–Trinajstić information content (AvgIpc) is 2.15. The van der Waals surface area contributed by atoms with E-state index in [-0.39, 0.29) is 11.9 Å². The highest BCUT2D eigenvalue weighted by Crippen LogP contribution is 2.18. The zero-order valence-electron chi connectivity index (χ0n) is 11.6. The highest BCUT2D eigenvalue weighted by atomic mass is 28.4. The molecule has 0 aromatic rings. The number of carbonyl (C=O) groups excluding carboxylic acids is 1. The van der Waals surface area contributed by atoms with Crippen LogP contribution in [0.25, 0.3) is 0 Å². The second-order valence-corrected chi connectivity index (χ2v) is 9.92. The highest BCUT2D eigenvalue weighted by molar-refractivity contribution is 6.71. The molecule has 0 fully saturated rings. The Kier molecular flexibility index (Phi) is 7.72. The Morgan fingerprint density at radius 3 is 2.19 bits per heavy atom. The van der Waals surface area contributed by atoms with Crippen molar-refractivity contribution >= 4 is 14.3 Å². The molecular formula is C13H28O2Si. The molecule has 1 unspecified atom stereocenters. The van der Waals surface area contributed by atoms with Crippen molar-refractivity contribution in [2.45, 2.75) is 72.0 Å². The number of unbranched alkanes of at least 4 members (excludes halogenated alkanes) is 3. The molecule has 0 spiro atoms. The van der Waals surface area contributed by atoms with Gasteiger partial charge in [0.2, 0.25) is 8.32 Å². The summed E-state index contributed by atoms with van der Waals surface area (Å²) in [5.74, 6) is 0.168. The van der Waals surface area contributed by atoms with Crippen molar-refractivity contribution in [3.63, 3.8) is 0 Å². The first-order chi connectivity index (χ1) is 7.40. The first-order valence-corrected chi connectivity index (χ1v) is 10.0. The molecular weight excluding hydrogens is 216 g/mol. The molecule has 0 aliphatic carbocycles. The molecule has 0 radical (unpaired) electrons. The van der Waals surface area contributed by atoms with Gasteiger partial charge in [0.05, 0.1) is 5.92 Å². The Balaban J connectivity index is 3.93. The predicted molar refractivity (Wildman–Crippen MR) is 72.0 cm³/mol. The summed E-state index contributed by atoms with van der Waals surface area (Å²) in [4.78, 5) is 11.9. The fraction of sp³-hybridized carbons (Fsp3) is 0.923. The standard InChI is InChI=1S/C13H28O2Si/c1-6-8-9-10-11-12(7-2)13(14)15-16(3,4)5/h12H,6-11H2,1-5H3. The molecule has 0 aliphatic heterocycles. The van der Waals surface area contributed by atoms with Gasteiger partial charge in [-0.05, 0) is 32.5 Å². The van der Waals surface area contributed by atoms with Crippen LogP contribution in [0.3, 0.4) is 0 Å². The van der Waals surface area contributed by atoms with Crippen LogP contribution < -0.4 is 0 Å². The lowest BCUT2D eigenvalue weighted by atomic mass is 9.99. The Morgan fingerprint density at radius 2 is 1.75 bits per heavy atom. The minimum absolute atomic E-state index is 0.0400. The minimum atomic E-state index is -1.70. The van der Waals surface area contributed by atoms with Crippen LogP contribution in [0, 0.1) is 5.92 Å². The number of hydrogen-bond donors (Lipinski definition) is 0. The maximum atomic E-state index is 11.9. The summed E-state index contributed by atoms with van der Waals surface area (Å²) in [6.45, 7) is 10.5.